The predicted molar refractivity (Wildman–Crippen MR) is 124 cm³/mol. The van der Waals surface area contributed by atoms with Crippen LogP contribution in [0.1, 0.15) is 19.4 Å². The lowest BCUT2D eigenvalue weighted by Crippen LogP contribution is -2.41. The number of amides is 1. The van der Waals surface area contributed by atoms with Gasteiger partial charge in [0.2, 0.25) is 0 Å². The number of benzene rings is 2. The van der Waals surface area contributed by atoms with Crippen molar-refractivity contribution in [3.63, 3.8) is 0 Å². The zero-order valence-corrected chi connectivity index (χ0v) is 19.4. The second kappa shape index (κ2) is 11.4. The molecule has 3 rings (SSSR count). The average molecular weight is 470 g/mol. The number of para-hydroxylation sites is 1. The van der Waals surface area contributed by atoms with Crippen molar-refractivity contribution in [1.82, 2.24) is 9.88 Å². The minimum Gasteiger partial charge on any atom is -0.483 e. The molecule has 1 aromatic heterocycles. The van der Waals surface area contributed by atoms with Crippen LogP contribution in [0.4, 0.5) is 13.9 Å². The quantitative estimate of drug-likeness (QED) is 0.439. The summed E-state index contributed by atoms with van der Waals surface area (Å²) >= 11 is 1.09. The van der Waals surface area contributed by atoms with Crippen molar-refractivity contribution in [2.24, 2.45) is 0 Å². The summed E-state index contributed by atoms with van der Waals surface area (Å²) in [6, 6.07) is 9.48. The second-order valence-electron chi connectivity index (χ2n) is 6.86. The first kappa shape index (κ1) is 25.0. The number of hydrogen-bond acceptors (Lipinski definition) is 5. The molecule has 0 aliphatic heterocycles. The predicted octanol–water partition coefficient (Wildman–Crippen LogP) is 5.06. The third kappa shape index (κ3) is 6.12. The van der Waals surface area contributed by atoms with Crippen LogP contribution in [0.2, 0.25) is 0 Å². The second-order valence-corrected chi connectivity index (χ2v) is 7.87. The molecule has 0 saturated carbocycles. The lowest BCUT2D eigenvalue weighted by molar-refractivity contribution is -0.120. The van der Waals surface area contributed by atoms with E-state index in [1.807, 2.05) is 39.0 Å². The number of nitrogens with zero attached hydrogens (tertiary/aromatic N) is 3. The molecule has 5 nitrogen and oxygen atoms in total. The largest absolute Gasteiger partial charge is 0.483 e. The van der Waals surface area contributed by atoms with Crippen LogP contribution in [-0.4, -0.2) is 48.6 Å². The normalized spacial score (nSPS) is 10.9. The van der Waals surface area contributed by atoms with Crippen LogP contribution in [-0.2, 0) is 4.79 Å². The van der Waals surface area contributed by atoms with Gasteiger partial charge in [-0.2, -0.15) is 0 Å². The Morgan fingerprint density at radius 2 is 1.84 bits per heavy atom. The summed E-state index contributed by atoms with van der Waals surface area (Å²) in [5.41, 5.74) is 0.995. The first-order valence-electron chi connectivity index (χ1n) is 9.89. The van der Waals surface area contributed by atoms with Gasteiger partial charge in [-0.1, -0.05) is 43.4 Å². The Balaban J connectivity index is 0.00000341. The van der Waals surface area contributed by atoms with E-state index in [1.54, 1.807) is 6.07 Å². The van der Waals surface area contributed by atoms with Crippen molar-refractivity contribution in [3.8, 4) is 5.75 Å². The van der Waals surface area contributed by atoms with E-state index in [4.69, 9.17) is 4.74 Å². The average Bonchev–Trinajstić information content (AvgIpc) is 3.14. The zero-order chi connectivity index (χ0) is 21.7. The number of anilines is 1. The van der Waals surface area contributed by atoms with E-state index in [1.165, 1.54) is 11.0 Å². The molecule has 0 aliphatic carbocycles. The van der Waals surface area contributed by atoms with Gasteiger partial charge in [0, 0.05) is 19.2 Å². The molecule has 0 saturated heterocycles. The Morgan fingerprint density at radius 3 is 2.52 bits per heavy atom. The zero-order valence-electron chi connectivity index (χ0n) is 17.7. The number of likely N-dealkylation sites (N-methyl/N-ethyl adjacent to an activating group) is 1. The van der Waals surface area contributed by atoms with Gasteiger partial charge in [-0.25, -0.2) is 13.8 Å². The van der Waals surface area contributed by atoms with E-state index in [-0.39, 0.29) is 30.4 Å². The molecule has 0 fully saturated rings. The summed E-state index contributed by atoms with van der Waals surface area (Å²) in [5, 5.41) is 0.333. The van der Waals surface area contributed by atoms with Crippen LogP contribution in [0.5, 0.6) is 5.75 Å². The summed E-state index contributed by atoms with van der Waals surface area (Å²) in [6.07, 6.45) is 0. The molecule has 0 N–H and O–H groups in total. The van der Waals surface area contributed by atoms with Gasteiger partial charge in [0.1, 0.15) is 17.1 Å². The van der Waals surface area contributed by atoms with E-state index in [2.05, 4.69) is 9.88 Å². The van der Waals surface area contributed by atoms with Gasteiger partial charge in [0.25, 0.3) is 5.91 Å². The lowest BCUT2D eigenvalue weighted by atomic mass is 10.2. The third-order valence-corrected chi connectivity index (χ3v) is 5.94. The fourth-order valence-electron chi connectivity index (χ4n) is 3.10. The fourth-order valence-corrected chi connectivity index (χ4v) is 4.15. The van der Waals surface area contributed by atoms with Gasteiger partial charge < -0.3 is 9.64 Å². The highest BCUT2D eigenvalue weighted by Crippen LogP contribution is 2.31. The van der Waals surface area contributed by atoms with Crippen LogP contribution < -0.4 is 9.64 Å². The van der Waals surface area contributed by atoms with E-state index >= 15 is 0 Å². The van der Waals surface area contributed by atoms with Crippen LogP contribution in [0, 0.1) is 18.6 Å². The summed E-state index contributed by atoms with van der Waals surface area (Å²) in [4.78, 5) is 21.0. The smallest absolute Gasteiger partial charge is 0.266 e. The molecule has 9 heteroatoms. The van der Waals surface area contributed by atoms with Gasteiger partial charge in [-0.3, -0.25) is 9.69 Å². The Morgan fingerprint density at radius 1 is 1.13 bits per heavy atom. The van der Waals surface area contributed by atoms with E-state index < -0.39 is 11.6 Å². The van der Waals surface area contributed by atoms with Gasteiger partial charge in [0.15, 0.2) is 17.6 Å². The maximum absolute atomic E-state index is 14.1. The standard InChI is InChI=1S/C22H25F2N3O2S.ClH/c1-4-26(5-2)10-11-27(20(28)14-29-18-9-7-6-8-15(18)3)22-25-21-17(24)12-16(23)13-19(21)30-22;/h6-9,12-13H,4-5,10-11,14H2,1-3H3;1H. The van der Waals surface area contributed by atoms with Gasteiger partial charge >= 0.3 is 0 Å². The molecule has 2 aromatic carbocycles. The molecular formula is C22H26ClF2N3O2S. The van der Waals surface area contributed by atoms with E-state index in [9.17, 15) is 13.6 Å². The Bertz CT molecular complexity index is 1030. The first-order chi connectivity index (χ1) is 14.4. The molecule has 0 aliphatic rings. The van der Waals surface area contributed by atoms with Gasteiger partial charge in [-0.05, 0) is 37.7 Å². The molecule has 0 unspecified atom stereocenters. The molecule has 1 amide bonds. The highest BCUT2D eigenvalue weighted by molar-refractivity contribution is 7.22. The lowest BCUT2D eigenvalue weighted by Gasteiger charge is -2.24. The monoisotopic (exact) mass is 469 g/mol. The molecule has 3 aromatic rings. The Kier molecular flexibility index (Phi) is 9.15. The van der Waals surface area contributed by atoms with Crippen LogP contribution in [0.25, 0.3) is 10.2 Å². The molecule has 0 atom stereocenters. The SMILES string of the molecule is CCN(CC)CCN(C(=O)COc1ccccc1C)c1nc2c(F)cc(F)cc2s1.Cl. The Labute approximate surface area is 191 Å². The molecule has 0 spiro atoms. The maximum Gasteiger partial charge on any atom is 0.266 e. The third-order valence-electron chi connectivity index (χ3n) is 4.91. The number of aromatic nitrogens is 1. The number of halogens is 3. The minimum absolute atomic E-state index is 0. The van der Waals surface area contributed by atoms with Crippen LogP contribution in [0.15, 0.2) is 36.4 Å². The summed E-state index contributed by atoms with van der Waals surface area (Å²) in [6.45, 7) is 8.53. The number of rotatable bonds is 9. The van der Waals surface area contributed by atoms with Gasteiger partial charge in [-0.15, -0.1) is 12.4 Å². The number of aryl methyl sites for hydroxylation is 1. The molecular weight excluding hydrogens is 444 g/mol. The van der Waals surface area contributed by atoms with Crippen molar-refractivity contribution < 1.29 is 18.3 Å². The van der Waals surface area contributed by atoms with Gasteiger partial charge in [0.05, 0.1) is 4.70 Å². The highest BCUT2D eigenvalue weighted by Gasteiger charge is 2.22. The van der Waals surface area contributed by atoms with E-state index in [0.717, 1.165) is 36.1 Å². The number of carbonyl (C=O) groups is 1. The van der Waals surface area contributed by atoms with Crippen molar-refractivity contribution in [3.05, 3.63) is 53.6 Å². The number of fused-ring (bicyclic) bond motifs is 1. The molecule has 31 heavy (non-hydrogen) atoms. The van der Waals surface area contributed by atoms with E-state index in [0.29, 0.717) is 28.7 Å². The van der Waals surface area contributed by atoms with Crippen molar-refractivity contribution in [1.29, 1.82) is 0 Å². The van der Waals surface area contributed by atoms with Crippen LogP contribution in [0.3, 0.4) is 0 Å². The molecule has 168 valence electrons. The minimum atomic E-state index is -0.736. The number of hydrogen-bond donors (Lipinski definition) is 0. The van der Waals surface area contributed by atoms with Crippen molar-refractivity contribution >= 4 is 45.0 Å². The fraction of sp³-hybridized carbons (Fsp3) is 0.364. The Hall–Kier alpha value is -2.29. The summed E-state index contributed by atoms with van der Waals surface area (Å²) in [7, 11) is 0. The molecule has 1 heterocycles. The molecule has 0 bridgehead atoms. The maximum atomic E-state index is 14.1. The number of carbonyl (C=O) groups excluding carboxylic acids is 1. The molecule has 0 radical (unpaired) electrons. The number of thiazole rings is 1. The summed E-state index contributed by atoms with van der Waals surface area (Å²) < 4.78 is 33.8. The van der Waals surface area contributed by atoms with Crippen molar-refractivity contribution in [2.45, 2.75) is 20.8 Å². The topological polar surface area (TPSA) is 45.7 Å². The van der Waals surface area contributed by atoms with Crippen LogP contribution >= 0.6 is 23.7 Å². The van der Waals surface area contributed by atoms with Crippen molar-refractivity contribution in [2.75, 3.05) is 37.7 Å². The first-order valence-corrected chi connectivity index (χ1v) is 10.7. The summed E-state index contributed by atoms with van der Waals surface area (Å²) in [5.74, 6) is -1.06. The number of ether oxygens (including phenoxy) is 1. The highest BCUT2D eigenvalue weighted by atomic mass is 35.5.